The van der Waals surface area contributed by atoms with E-state index in [0.717, 1.165) is 5.56 Å². The molecule has 0 saturated carbocycles. The molecule has 92 valence electrons. The monoisotopic (exact) mass is 262 g/mol. The maximum Gasteiger partial charge on any atom is 0.252 e. The summed E-state index contributed by atoms with van der Waals surface area (Å²) in [5.74, 6) is 0.310. The van der Waals surface area contributed by atoms with Crippen LogP contribution in [0.2, 0.25) is 5.02 Å². The first-order valence-corrected chi connectivity index (χ1v) is 5.64. The number of benzene rings is 1. The number of rotatable bonds is 3. The van der Waals surface area contributed by atoms with Gasteiger partial charge < -0.3 is 0 Å². The zero-order chi connectivity index (χ0) is 13.0. The van der Waals surface area contributed by atoms with E-state index in [9.17, 15) is 4.79 Å². The Labute approximate surface area is 109 Å². The topological polar surface area (TPSA) is 70.1 Å². The van der Waals surface area contributed by atoms with Crippen LogP contribution in [0.1, 0.15) is 11.3 Å². The van der Waals surface area contributed by atoms with Crippen molar-refractivity contribution in [3.05, 3.63) is 57.0 Å². The second-order valence-electron chi connectivity index (χ2n) is 3.66. The van der Waals surface area contributed by atoms with Gasteiger partial charge >= 0.3 is 0 Å². The number of nitrogens with zero attached hydrogens (tertiary/aromatic N) is 2. The molecule has 0 unspecified atom stereocenters. The van der Waals surface area contributed by atoms with Gasteiger partial charge in [0.15, 0.2) is 0 Å². The largest absolute Gasteiger partial charge is 0.291 e. The molecule has 1 heterocycles. The number of anilines is 1. The lowest BCUT2D eigenvalue weighted by Crippen LogP contribution is -2.10. The molecule has 0 aliphatic carbocycles. The minimum Gasteiger partial charge on any atom is -0.291 e. The summed E-state index contributed by atoms with van der Waals surface area (Å²) in [6.45, 7) is 1.74. The van der Waals surface area contributed by atoms with Gasteiger partial charge in [-0.05, 0) is 24.6 Å². The number of nitrogens with one attached hydrogen (secondary N) is 2. The average Bonchev–Trinajstić information content (AvgIpc) is 2.30. The molecule has 0 bridgehead atoms. The number of hydrogen-bond acceptors (Lipinski definition) is 4. The molecular formula is C12H11ClN4O. The quantitative estimate of drug-likeness (QED) is 0.658. The summed E-state index contributed by atoms with van der Waals surface area (Å²) in [6.07, 6.45) is 1.61. The van der Waals surface area contributed by atoms with Crippen molar-refractivity contribution in [2.24, 2.45) is 5.10 Å². The Bertz CT molecular complexity index is 619. The molecule has 2 N–H and O–H groups in total. The van der Waals surface area contributed by atoms with E-state index in [4.69, 9.17) is 11.6 Å². The summed E-state index contributed by atoms with van der Waals surface area (Å²) in [5.41, 5.74) is 3.96. The van der Waals surface area contributed by atoms with Crippen molar-refractivity contribution in [3.8, 4) is 0 Å². The highest BCUT2D eigenvalue weighted by Crippen LogP contribution is 2.07. The molecule has 1 aromatic carbocycles. The summed E-state index contributed by atoms with van der Waals surface area (Å²) in [6, 6.07) is 8.62. The van der Waals surface area contributed by atoms with E-state index < -0.39 is 0 Å². The predicted octanol–water partition coefficient (Wildman–Crippen LogP) is 2.18. The zero-order valence-corrected chi connectivity index (χ0v) is 10.4. The van der Waals surface area contributed by atoms with Crippen LogP contribution in [0.4, 0.5) is 5.95 Å². The number of H-pyrrole nitrogens is 1. The van der Waals surface area contributed by atoms with Crippen molar-refractivity contribution < 1.29 is 0 Å². The number of halogens is 1. The van der Waals surface area contributed by atoms with E-state index in [1.54, 1.807) is 25.3 Å². The van der Waals surface area contributed by atoms with Gasteiger partial charge in [0.2, 0.25) is 5.95 Å². The van der Waals surface area contributed by atoms with Crippen LogP contribution in [0.5, 0.6) is 0 Å². The maximum absolute atomic E-state index is 11.2. The minimum atomic E-state index is -0.216. The first-order valence-electron chi connectivity index (χ1n) is 5.26. The molecule has 5 nitrogen and oxygen atoms in total. The van der Waals surface area contributed by atoms with Gasteiger partial charge in [0.1, 0.15) is 0 Å². The molecule has 18 heavy (non-hydrogen) atoms. The van der Waals surface area contributed by atoms with E-state index in [-0.39, 0.29) is 5.56 Å². The standard InChI is InChI=1S/C12H11ClN4O/c1-8-6-11(18)16-12(15-8)17-14-7-9-2-4-10(13)5-3-9/h2-7H,1H3,(H2,15,16,17,18)/b14-7+. The van der Waals surface area contributed by atoms with Gasteiger partial charge in [-0.1, -0.05) is 23.7 Å². The minimum absolute atomic E-state index is 0.216. The van der Waals surface area contributed by atoms with Crippen LogP contribution in [0, 0.1) is 6.92 Å². The fraction of sp³-hybridized carbons (Fsp3) is 0.0833. The molecule has 0 radical (unpaired) electrons. The normalized spacial score (nSPS) is 10.8. The third kappa shape index (κ3) is 3.43. The summed E-state index contributed by atoms with van der Waals surface area (Å²) in [5, 5.41) is 4.64. The first kappa shape index (κ1) is 12.3. The highest BCUT2D eigenvalue weighted by atomic mass is 35.5. The number of hydrogen-bond donors (Lipinski definition) is 2. The molecule has 6 heteroatoms. The lowest BCUT2D eigenvalue weighted by Gasteiger charge is -1.99. The van der Waals surface area contributed by atoms with Crippen molar-refractivity contribution in [2.45, 2.75) is 6.92 Å². The van der Waals surface area contributed by atoms with Crippen LogP contribution in [0.3, 0.4) is 0 Å². The summed E-state index contributed by atoms with van der Waals surface area (Å²) < 4.78 is 0. The molecule has 0 atom stereocenters. The van der Waals surface area contributed by atoms with Gasteiger partial charge in [0.05, 0.1) is 6.21 Å². The third-order valence-electron chi connectivity index (χ3n) is 2.12. The van der Waals surface area contributed by atoms with E-state index >= 15 is 0 Å². The van der Waals surface area contributed by atoms with E-state index in [2.05, 4.69) is 20.5 Å². The predicted molar refractivity (Wildman–Crippen MR) is 72.3 cm³/mol. The molecule has 0 saturated heterocycles. The Kier molecular flexibility index (Phi) is 3.74. The van der Waals surface area contributed by atoms with E-state index in [1.165, 1.54) is 6.07 Å². The average molecular weight is 263 g/mol. The van der Waals surface area contributed by atoms with Gasteiger partial charge in [-0.3, -0.25) is 9.78 Å². The summed E-state index contributed by atoms with van der Waals surface area (Å²) in [4.78, 5) is 17.8. The molecule has 0 spiro atoms. The fourth-order valence-electron chi connectivity index (χ4n) is 1.35. The lowest BCUT2D eigenvalue weighted by atomic mass is 10.2. The summed E-state index contributed by atoms with van der Waals surface area (Å²) in [7, 11) is 0. The van der Waals surface area contributed by atoms with Gasteiger partial charge in [0.25, 0.3) is 5.56 Å². The Hall–Kier alpha value is -2.14. The van der Waals surface area contributed by atoms with Crippen LogP contribution >= 0.6 is 11.6 Å². The van der Waals surface area contributed by atoms with Gasteiger partial charge in [-0.25, -0.2) is 10.4 Å². The van der Waals surface area contributed by atoms with E-state index in [0.29, 0.717) is 16.7 Å². The summed E-state index contributed by atoms with van der Waals surface area (Å²) >= 11 is 5.77. The van der Waals surface area contributed by atoms with Crippen molar-refractivity contribution in [3.63, 3.8) is 0 Å². The van der Waals surface area contributed by atoms with Crippen molar-refractivity contribution in [2.75, 3.05) is 5.43 Å². The maximum atomic E-state index is 11.2. The van der Waals surface area contributed by atoms with Crippen molar-refractivity contribution in [1.82, 2.24) is 9.97 Å². The number of hydrazone groups is 1. The van der Waals surface area contributed by atoms with Crippen molar-refractivity contribution in [1.29, 1.82) is 0 Å². The number of aromatic nitrogens is 2. The second-order valence-corrected chi connectivity index (χ2v) is 4.09. The SMILES string of the molecule is Cc1cc(=O)[nH]c(N/N=C/c2ccc(Cl)cc2)n1. The zero-order valence-electron chi connectivity index (χ0n) is 9.64. The third-order valence-corrected chi connectivity index (χ3v) is 2.38. The fourth-order valence-corrected chi connectivity index (χ4v) is 1.47. The molecular weight excluding hydrogens is 252 g/mol. The molecule has 2 aromatic rings. The first-order chi connectivity index (χ1) is 8.63. The molecule has 0 aliphatic heterocycles. The Balaban J connectivity index is 2.07. The van der Waals surface area contributed by atoms with E-state index in [1.807, 2.05) is 12.1 Å². The van der Waals surface area contributed by atoms with Crippen LogP contribution in [-0.2, 0) is 0 Å². The highest BCUT2D eigenvalue weighted by molar-refractivity contribution is 6.30. The molecule has 0 amide bonds. The Morgan fingerprint density at radius 1 is 1.39 bits per heavy atom. The number of aromatic amines is 1. The molecule has 2 rings (SSSR count). The highest BCUT2D eigenvalue weighted by Gasteiger charge is 1.95. The second kappa shape index (κ2) is 5.46. The van der Waals surface area contributed by atoms with Crippen molar-refractivity contribution >= 4 is 23.8 Å². The van der Waals surface area contributed by atoms with Crippen LogP contribution in [-0.4, -0.2) is 16.2 Å². The van der Waals surface area contributed by atoms with Crippen LogP contribution in [0.25, 0.3) is 0 Å². The molecule has 1 aromatic heterocycles. The van der Waals surface area contributed by atoms with Crippen LogP contribution < -0.4 is 11.0 Å². The smallest absolute Gasteiger partial charge is 0.252 e. The van der Waals surface area contributed by atoms with Gasteiger partial charge in [-0.2, -0.15) is 5.10 Å². The Morgan fingerprint density at radius 2 is 2.11 bits per heavy atom. The molecule has 0 aliphatic rings. The lowest BCUT2D eigenvalue weighted by molar-refractivity contribution is 1.04. The van der Waals surface area contributed by atoms with Gasteiger partial charge in [0, 0.05) is 16.8 Å². The number of aryl methyl sites for hydroxylation is 1. The van der Waals surface area contributed by atoms with Crippen LogP contribution in [0.15, 0.2) is 40.2 Å². The van der Waals surface area contributed by atoms with Gasteiger partial charge in [-0.15, -0.1) is 0 Å². The molecule has 0 fully saturated rings. The Morgan fingerprint density at radius 3 is 2.78 bits per heavy atom.